The molecule has 0 radical (unpaired) electrons. The van der Waals surface area contributed by atoms with Gasteiger partial charge in [0.25, 0.3) is 0 Å². The molecule has 0 atom stereocenters. The highest BCUT2D eigenvalue weighted by Crippen LogP contribution is 2.35. The van der Waals surface area contributed by atoms with E-state index in [2.05, 4.69) is 5.32 Å². The molecule has 1 rings (SSSR count). The molecule has 0 saturated carbocycles. The number of rotatable bonds is 5. The van der Waals surface area contributed by atoms with Gasteiger partial charge in [0.05, 0.1) is 17.9 Å². The summed E-state index contributed by atoms with van der Waals surface area (Å²) in [4.78, 5) is 11.0. The number of hydrogen-bond acceptors (Lipinski definition) is 3. The Labute approximate surface area is 108 Å². The van der Waals surface area contributed by atoms with Crippen LogP contribution < -0.4 is 10.1 Å². The second-order valence-corrected chi connectivity index (χ2v) is 3.73. The lowest BCUT2D eigenvalue weighted by molar-refractivity contribution is -0.137. The molecule has 0 saturated heterocycles. The van der Waals surface area contributed by atoms with E-state index in [-0.39, 0.29) is 18.0 Å². The van der Waals surface area contributed by atoms with Crippen molar-refractivity contribution in [1.29, 1.82) is 0 Å². The number of amides is 1. The summed E-state index contributed by atoms with van der Waals surface area (Å²) in [6, 6.07) is 2.90. The summed E-state index contributed by atoms with van der Waals surface area (Å²) in [5.41, 5.74) is -0.867. The number of nitrogens with one attached hydrogen (secondary N) is 1. The van der Waals surface area contributed by atoms with E-state index in [9.17, 15) is 18.0 Å². The van der Waals surface area contributed by atoms with Crippen LogP contribution in [-0.4, -0.2) is 26.2 Å². The molecule has 0 aliphatic carbocycles. The molecule has 0 aliphatic rings. The van der Waals surface area contributed by atoms with E-state index < -0.39 is 17.6 Å². The highest BCUT2D eigenvalue weighted by atomic mass is 19.4. The zero-order valence-corrected chi connectivity index (χ0v) is 10.5. The van der Waals surface area contributed by atoms with Crippen molar-refractivity contribution in [2.45, 2.75) is 13.1 Å². The van der Waals surface area contributed by atoms with Crippen LogP contribution in [0.2, 0.25) is 0 Å². The summed E-state index contributed by atoms with van der Waals surface area (Å²) < 4.78 is 47.7. The van der Waals surface area contributed by atoms with E-state index in [1.165, 1.54) is 20.1 Å². The van der Waals surface area contributed by atoms with Crippen molar-refractivity contribution >= 4 is 11.6 Å². The van der Waals surface area contributed by atoms with E-state index in [1.54, 1.807) is 0 Å². The van der Waals surface area contributed by atoms with E-state index in [1.807, 2.05) is 0 Å². The average molecular weight is 277 g/mol. The predicted octanol–water partition coefficient (Wildman–Crippen LogP) is 2.69. The van der Waals surface area contributed by atoms with Crippen molar-refractivity contribution in [3.8, 4) is 5.75 Å². The van der Waals surface area contributed by atoms with Crippen molar-refractivity contribution in [1.82, 2.24) is 0 Å². The monoisotopic (exact) mass is 277 g/mol. The van der Waals surface area contributed by atoms with Gasteiger partial charge in [0.2, 0.25) is 5.91 Å². The Morgan fingerprint density at radius 2 is 2.00 bits per heavy atom. The Morgan fingerprint density at radius 3 is 2.53 bits per heavy atom. The van der Waals surface area contributed by atoms with Crippen LogP contribution in [0.15, 0.2) is 18.2 Å². The highest BCUT2D eigenvalue weighted by molar-refractivity contribution is 5.90. The summed E-state index contributed by atoms with van der Waals surface area (Å²) in [6.45, 7) is 1.67. The maximum atomic E-state index is 12.6. The first-order chi connectivity index (χ1) is 8.84. The second kappa shape index (κ2) is 6.42. The fourth-order valence-electron chi connectivity index (χ4n) is 1.35. The average Bonchev–Trinajstić information content (AvgIpc) is 2.29. The number of hydrogen-bond donors (Lipinski definition) is 1. The summed E-state index contributed by atoms with van der Waals surface area (Å²) >= 11 is 0. The third-order valence-corrected chi connectivity index (χ3v) is 2.16. The topological polar surface area (TPSA) is 47.6 Å². The van der Waals surface area contributed by atoms with Gasteiger partial charge in [-0.1, -0.05) is 0 Å². The minimum atomic E-state index is -4.47. The molecule has 1 N–H and O–H groups in total. The number of halogens is 3. The number of methoxy groups -OCH3 is 1. The van der Waals surface area contributed by atoms with Crippen LogP contribution in [0.25, 0.3) is 0 Å². The molecule has 0 aliphatic heterocycles. The highest BCUT2D eigenvalue weighted by Gasteiger charge is 2.31. The Morgan fingerprint density at radius 1 is 1.32 bits per heavy atom. The van der Waals surface area contributed by atoms with E-state index in [0.717, 1.165) is 12.1 Å². The Bertz CT molecular complexity index is 446. The SMILES string of the molecule is COCCOc1ccc(C(F)(F)F)cc1NC(C)=O. The van der Waals surface area contributed by atoms with Crippen molar-refractivity contribution in [3.05, 3.63) is 23.8 Å². The molecule has 4 nitrogen and oxygen atoms in total. The van der Waals surface area contributed by atoms with Crippen LogP contribution in [-0.2, 0) is 15.7 Å². The van der Waals surface area contributed by atoms with Gasteiger partial charge in [-0.3, -0.25) is 4.79 Å². The molecule has 0 aromatic heterocycles. The second-order valence-electron chi connectivity index (χ2n) is 3.73. The molecule has 0 heterocycles. The van der Waals surface area contributed by atoms with Crippen LogP contribution in [0, 0.1) is 0 Å². The Balaban J connectivity index is 2.99. The van der Waals surface area contributed by atoms with Crippen molar-refractivity contribution in [2.24, 2.45) is 0 Å². The van der Waals surface area contributed by atoms with Crippen LogP contribution in [0.1, 0.15) is 12.5 Å². The van der Waals surface area contributed by atoms with Gasteiger partial charge < -0.3 is 14.8 Å². The van der Waals surface area contributed by atoms with Crippen LogP contribution in [0.4, 0.5) is 18.9 Å². The summed E-state index contributed by atoms with van der Waals surface area (Å²) in [6.07, 6.45) is -4.47. The Hall–Kier alpha value is -1.76. The minimum Gasteiger partial charge on any atom is -0.489 e. The molecule has 0 spiro atoms. The molecule has 106 valence electrons. The van der Waals surface area contributed by atoms with Gasteiger partial charge in [-0.05, 0) is 18.2 Å². The number of alkyl halides is 3. The van der Waals surface area contributed by atoms with Gasteiger partial charge in [0, 0.05) is 14.0 Å². The molecule has 0 fully saturated rings. The molecular weight excluding hydrogens is 263 g/mol. The first-order valence-corrected chi connectivity index (χ1v) is 5.45. The lowest BCUT2D eigenvalue weighted by atomic mass is 10.1. The van der Waals surface area contributed by atoms with Gasteiger partial charge in [-0.25, -0.2) is 0 Å². The van der Waals surface area contributed by atoms with Crippen LogP contribution in [0.5, 0.6) is 5.75 Å². The smallest absolute Gasteiger partial charge is 0.416 e. The van der Waals surface area contributed by atoms with Gasteiger partial charge in [-0.2, -0.15) is 13.2 Å². The summed E-state index contributed by atoms with van der Waals surface area (Å²) in [5, 5.41) is 2.31. The fraction of sp³-hybridized carbons (Fsp3) is 0.417. The number of carbonyl (C=O) groups is 1. The zero-order valence-electron chi connectivity index (χ0n) is 10.5. The molecule has 7 heteroatoms. The van der Waals surface area contributed by atoms with Crippen LogP contribution >= 0.6 is 0 Å². The molecule has 1 amide bonds. The largest absolute Gasteiger partial charge is 0.489 e. The number of ether oxygens (including phenoxy) is 2. The van der Waals surface area contributed by atoms with Gasteiger partial charge in [0.15, 0.2) is 0 Å². The summed E-state index contributed by atoms with van der Waals surface area (Å²) in [7, 11) is 1.48. The van der Waals surface area contributed by atoms with Gasteiger partial charge >= 0.3 is 6.18 Å². The van der Waals surface area contributed by atoms with Crippen molar-refractivity contribution < 1.29 is 27.4 Å². The lowest BCUT2D eigenvalue weighted by Gasteiger charge is -2.14. The molecule has 0 unspecified atom stereocenters. The predicted molar refractivity (Wildman–Crippen MR) is 63.1 cm³/mol. The molecule has 1 aromatic rings. The molecule has 1 aromatic carbocycles. The third-order valence-electron chi connectivity index (χ3n) is 2.16. The van der Waals surface area contributed by atoms with Crippen molar-refractivity contribution in [3.63, 3.8) is 0 Å². The normalized spacial score (nSPS) is 11.2. The lowest BCUT2D eigenvalue weighted by Crippen LogP contribution is -2.12. The Kier molecular flexibility index (Phi) is 5.17. The van der Waals surface area contributed by atoms with Crippen LogP contribution in [0.3, 0.4) is 0 Å². The number of anilines is 1. The zero-order chi connectivity index (χ0) is 14.5. The number of benzene rings is 1. The maximum Gasteiger partial charge on any atom is 0.416 e. The first kappa shape index (κ1) is 15.3. The molecule has 0 bridgehead atoms. The standard InChI is InChI=1S/C12H14F3NO3/c1-8(17)16-10-7-9(12(13,14)15)3-4-11(10)19-6-5-18-2/h3-4,7H,5-6H2,1-2H3,(H,16,17). The summed E-state index contributed by atoms with van der Waals surface area (Å²) in [5.74, 6) is -0.309. The van der Waals surface area contributed by atoms with E-state index in [4.69, 9.17) is 9.47 Å². The molecular formula is C12H14F3NO3. The first-order valence-electron chi connectivity index (χ1n) is 5.45. The van der Waals surface area contributed by atoms with Crippen molar-refractivity contribution in [2.75, 3.05) is 25.6 Å². The van der Waals surface area contributed by atoms with E-state index in [0.29, 0.717) is 6.61 Å². The van der Waals surface area contributed by atoms with Gasteiger partial charge in [0.1, 0.15) is 12.4 Å². The maximum absolute atomic E-state index is 12.6. The fourth-order valence-corrected chi connectivity index (χ4v) is 1.35. The number of carbonyl (C=O) groups excluding carboxylic acids is 1. The van der Waals surface area contributed by atoms with Gasteiger partial charge in [-0.15, -0.1) is 0 Å². The van der Waals surface area contributed by atoms with E-state index >= 15 is 0 Å². The third kappa shape index (κ3) is 4.78. The quantitative estimate of drug-likeness (QED) is 0.842. The molecule has 19 heavy (non-hydrogen) atoms. The minimum absolute atomic E-state index is 0.0153.